The third-order valence-corrected chi connectivity index (χ3v) is 1.21. The largest absolute Gasteiger partial charge is 0.479 e. The Bertz CT molecular complexity index is 233. The summed E-state index contributed by atoms with van der Waals surface area (Å²) in [6, 6.07) is 0. The Morgan fingerprint density at radius 3 is 2.25 bits per heavy atom. The Labute approximate surface area is 70.2 Å². The molecule has 0 fully saturated rings. The van der Waals surface area contributed by atoms with Crippen molar-refractivity contribution in [3.05, 3.63) is 12.2 Å². The Morgan fingerprint density at radius 1 is 1.58 bits per heavy atom. The summed E-state index contributed by atoms with van der Waals surface area (Å²) in [6.45, 7) is 5.99. The molecule has 0 rings (SSSR count). The maximum absolute atomic E-state index is 10.9. The smallest absolute Gasteiger partial charge is 0.344 e. The van der Waals surface area contributed by atoms with Crippen LogP contribution in [-0.4, -0.2) is 22.6 Å². The summed E-state index contributed by atoms with van der Waals surface area (Å²) >= 11 is 0. The number of hydrogen-bond donors (Lipinski definition) is 3. The fourth-order valence-corrected chi connectivity index (χ4v) is 0.396. The van der Waals surface area contributed by atoms with Crippen LogP contribution in [0.15, 0.2) is 12.2 Å². The summed E-state index contributed by atoms with van der Waals surface area (Å²) in [5.41, 5.74) is 3.70. The summed E-state index contributed by atoms with van der Waals surface area (Å²) in [5, 5.41) is 10.6. The van der Waals surface area contributed by atoms with Crippen molar-refractivity contribution < 1.29 is 14.7 Å². The third-order valence-electron chi connectivity index (χ3n) is 1.21. The van der Waals surface area contributed by atoms with E-state index in [4.69, 9.17) is 10.8 Å². The fraction of sp³-hybridized carbons (Fsp3) is 0.429. The highest BCUT2D eigenvalue weighted by Crippen LogP contribution is 1.96. The lowest BCUT2D eigenvalue weighted by atomic mass is 10.2. The molecule has 0 heterocycles. The van der Waals surface area contributed by atoms with Crippen molar-refractivity contribution in [2.75, 3.05) is 0 Å². The van der Waals surface area contributed by atoms with Crippen LogP contribution in [0.1, 0.15) is 13.8 Å². The van der Waals surface area contributed by atoms with E-state index >= 15 is 0 Å². The Morgan fingerprint density at radius 2 is 2.00 bits per heavy atom. The van der Waals surface area contributed by atoms with Gasteiger partial charge in [0.1, 0.15) is 0 Å². The lowest BCUT2D eigenvalue weighted by Crippen LogP contribution is -2.59. The van der Waals surface area contributed by atoms with E-state index in [1.807, 2.05) is 0 Å². The van der Waals surface area contributed by atoms with Gasteiger partial charge in [-0.1, -0.05) is 6.58 Å². The molecule has 0 aromatic carbocycles. The first-order valence-corrected chi connectivity index (χ1v) is 3.27. The number of carbonyl (C=O) groups is 2. The van der Waals surface area contributed by atoms with Crippen LogP contribution in [0.25, 0.3) is 0 Å². The quantitative estimate of drug-likeness (QED) is 0.393. The van der Waals surface area contributed by atoms with Gasteiger partial charge in [0.25, 0.3) is 0 Å². The molecule has 0 aliphatic heterocycles. The number of carboxylic acids is 1. The van der Waals surface area contributed by atoms with Crippen LogP contribution in [0.2, 0.25) is 0 Å². The average molecular weight is 172 g/mol. The number of nitrogens with one attached hydrogen (secondary N) is 1. The van der Waals surface area contributed by atoms with Crippen molar-refractivity contribution in [1.29, 1.82) is 0 Å². The Kier molecular flexibility index (Phi) is 2.98. The summed E-state index contributed by atoms with van der Waals surface area (Å²) < 4.78 is 0. The second kappa shape index (κ2) is 3.36. The van der Waals surface area contributed by atoms with Crippen LogP contribution in [0.5, 0.6) is 0 Å². The minimum atomic E-state index is -1.74. The van der Waals surface area contributed by atoms with Gasteiger partial charge in [-0.25, -0.2) is 4.79 Å². The lowest BCUT2D eigenvalue weighted by molar-refractivity contribution is -0.146. The molecular weight excluding hydrogens is 160 g/mol. The zero-order valence-corrected chi connectivity index (χ0v) is 7.05. The highest BCUT2D eigenvalue weighted by Gasteiger charge is 2.29. The summed E-state index contributed by atoms with van der Waals surface area (Å²) in [6.07, 6.45) is 0. The number of carbonyl (C=O) groups excluding carboxylic acids is 1. The van der Waals surface area contributed by atoms with Crippen molar-refractivity contribution >= 4 is 11.9 Å². The molecule has 0 aromatic heterocycles. The van der Waals surface area contributed by atoms with E-state index < -0.39 is 17.5 Å². The van der Waals surface area contributed by atoms with Crippen LogP contribution in [0.3, 0.4) is 0 Å². The van der Waals surface area contributed by atoms with Gasteiger partial charge in [0.05, 0.1) is 0 Å². The standard InChI is InChI=1S/C7H12N2O3/c1-4(2)5(10)9-7(3,8)6(11)12/h1,8H2,2-3H3,(H,9,10)(H,11,12)/t7-/m1/s1. The highest BCUT2D eigenvalue weighted by molar-refractivity contribution is 5.95. The molecular formula is C7H12N2O3. The van der Waals surface area contributed by atoms with E-state index in [0.29, 0.717) is 0 Å². The van der Waals surface area contributed by atoms with Gasteiger partial charge in [-0.05, 0) is 13.8 Å². The second-order valence-electron chi connectivity index (χ2n) is 2.74. The van der Waals surface area contributed by atoms with Crippen molar-refractivity contribution in [2.45, 2.75) is 19.5 Å². The molecule has 5 heteroatoms. The van der Waals surface area contributed by atoms with Gasteiger partial charge in [0, 0.05) is 5.57 Å². The number of amides is 1. The molecule has 0 saturated heterocycles. The van der Waals surface area contributed by atoms with Gasteiger partial charge in [0.2, 0.25) is 5.91 Å². The molecule has 1 atom stereocenters. The molecule has 4 N–H and O–H groups in total. The van der Waals surface area contributed by atoms with E-state index in [1.54, 1.807) is 0 Å². The molecule has 0 spiro atoms. The van der Waals surface area contributed by atoms with E-state index in [-0.39, 0.29) is 5.57 Å². The number of rotatable bonds is 3. The summed E-state index contributed by atoms with van der Waals surface area (Å²) in [4.78, 5) is 21.3. The second-order valence-corrected chi connectivity index (χ2v) is 2.74. The van der Waals surface area contributed by atoms with Crippen molar-refractivity contribution in [3.63, 3.8) is 0 Å². The maximum atomic E-state index is 10.9. The minimum Gasteiger partial charge on any atom is -0.479 e. The lowest BCUT2D eigenvalue weighted by Gasteiger charge is -2.20. The molecule has 1 amide bonds. The van der Waals surface area contributed by atoms with E-state index in [0.717, 1.165) is 0 Å². The minimum absolute atomic E-state index is 0.216. The number of hydrogen-bond acceptors (Lipinski definition) is 3. The van der Waals surface area contributed by atoms with Crippen LogP contribution >= 0.6 is 0 Å². The molecule has 0 aliphatic carbocycles. The average Bonchev–Trinajstić information content (AvgIpc) is 1.85. The number of carboxylic acid groups (broad SMARTS) is 1. The van der Waals surface area contributed by atoms with Gasteiger partial charge in [-0.3, -0.25) is 10.5 Å². The first-order valence-electron chi connectivity index (χ1n) is 3.27. The van der Waals surface area contributed by atoms with Crippen LogP contribution in [0.4, 0.5) is 0 Å². The van der Waals surface area contributed by atoms with Crippen molar-refractivity contribution in [1.82, 2.24) is 5.32 Å². The van der Waals surface area contributed by atoms with Crippen LogP contribution in [-0.2, 0) is 9.59 Å². The molecule has 0 aromatic rings. The monoisotopic (exact) mass is 172 g/mol. The normalized spacial score (nSPS) is 14.6. The zero-order valence-electron chi connectivity index (χ0n) is 7.05. The molecule has 0 aliphatic rings. The maximum Gasteiger partial charge on any atom is 0.344 e. The third kappa shape index (κ3) is 2.71. The molecule has 0 unspecified atom stereocenters. The molecule has 12 heavy (non-hydrogen) atoms. The molecule has 68 valence electrons. The topological polar surface area (TPSA) is 92.4 Å². The Hall–Kier alpha value is -1.36. The predicted octanol–water partition coefficient (Wildman–Crippen LogP) is -0.562. The van der Waals surface area contributed by atoms with Gasteiger partial charge in [-0.15, -0.1) is 0 Å². The first kappa shape index (κ1) is 10.6. The predicted molar refractivity (Wildman–Crippen MR) is 43.2 cm³/mol. The van der Waals surface area contributed by atoms with Crippen molar-refractivity contribution in [3.8, 4) is 0 Å². The summed E-state index contributed by atoms with van der Waals surface area (Å²) in [7, 11) is 0. The molecule has 0 bridgehead atoms. The first-order chi connectivity index (χ1) is 5.27. The SMILES string of the molecule is C=C(C)C(=O)N[C@@](C)(N)C(=O)O. The van der Waals surface area contributed by atoms with Gasteiger partial charge in [0.15, 0.2) is 5.66 Å². The van der Waals surface area contributed by atoms with Crippen LogP contribution in [0, 0.1) is 0 Å². The highest BCUT2D eigenvalue weighted by atomic mass is 16.4. The van der Waals surface area contributed by atoms with Gasteiger partial charge in [-0.2, -0.15) is 0 Å². The van der Waals surface area contributed by atoms with E-state index in [9.17, 15) is 9.59 Å². The zero-order chi connectivity index (χ0) is 9.94. The van der Waals surface area contributed by atoms with E-state index in [2.05, 4.69) is 11.9 Å². The van der Waals surface area contributed by atoms with Crippen LogP contribution < -0.4 is 11.1 Å². The van der Waals surface area contributed by atoms with E-state index in [1.165, 1.54) is 13.8 Å². The van der Waals surface area contributed by atoms with Gasteiger partial charge >= 0.3 is 5.97 Å². The van der Waals surface area contributed by atoms with Crippen molar-refractivity contribution in [2.24, 2.45) is 5.73 Å². The summed E-state index contributed by atoms with van der Waals surface area (Å²) in [5.74, 6) is -1.86. The number of nitrogens with two attached hydrogens (primary N) is 1. The molecule has 0 saturated carbocycles. The Balaban J connectivity index is 4.35. The molecule has 0 radical (unpaired) electrons. The van der Waals surface area contributed by atoms with Gasteiger partial charge < -0.3 is 10.4 Å². The fourth-order valence-electron chi connectivity index (χ4n) is 0.396. The molecule has 5 nitrogen and oxygen atoms in total. The number of aliphatic carboxylic acids is 1.